The predicted octanol–water partition coefficient (Wildman–Crippen LogP) is 0.691. The number of phenolic OH excluding ortho intramolecular Hbond substituents is 1. The van der Waals surface area contributed by atoms with Gasteiger partial charge in [-0.2, -0.15) is 0 Å². The minimum absolute atomic E-state index is 0.0115. The Kier molecular flexibility index (Phi) is 4.24. The molecule has 0 aliphatic carbocycles. The smallest absolute Gasteiger partial charge is 0.314 e. The standard InChI is InChI=1S/C10H14N2O5/c1-17-9-5-6(7(11)2-3-13)4-8(10(9)14)12(15)16/h4-5,7,13-14H,2-3,11H2,1H3/t7-/m0/s1. The second-order valence-electron chi connectivity index (χ2n) is 3.47. The normalized spacial score (nSPS) is 12.2. The van der Waals surface area contributed by atoms with Crippen LogP contribution in [-0.4, -0.2) is 28.9 Å². The average Bonchev–Trinajstić information content (AvgIpc) is 2.29. The molecule has 1 aromatic carbocycles. The molecule has 1 rings (SSSR count). The quantitative estimate of drug-likeness (QED) is 0.516. The Hall–Kier alpha value is -1.86. The SMILES string of the molecule is COc1cc([C@@H](N)CCO)cc([N+](=O)[O-])c1O. The molecule has 7 nitrogen and oxygen atoms in total. The molecule has 0 aromatic heterocycles. The number of hydrogen-bond acceptors (Lipinski definition) is 6. The highest BCUT2D eigenvalue weighted by molar-refractivity contribution is 5.57. The van der Waals surface area contributed by atoms with Gasteiger partial charge in [0.1, 0.15) is 0 Å². The molecule has 0 heterocycles. The van der Waals surface area contributed by atoms with Crippen LogP contribution < -0.4 is 10.5 Å². The van der Waals surface area contributed by atoms with Crippen molar-refractivity contribution < 1.29 is 19.9 Å². The third-order valence-corrected chi connectivity index (χ3v) is 2.36. The first kappa shape index (κ1) is 13.2. The number of nitro benzene ring substituents is 1. The zero-order chi connectivity index (χ0) is 13.0. The van der Waals surface area contributed by atoms with E-state index in [0.29, 0.717) is 5.56 Å². The van der Waals surface area contributed by atoms with Gasteiger partial charge in [0.25, 0.3) is 0 Å². The molecule has 94 valence electrons. The van der Waals surface area contributed by atoms with Crippen LogP contribution >= 0.6 is 0 Å². The molecule has 0 unspecified atom stereocenters. The number of ether oxygens (including phenoxy) is 1. The summed E-state index contributed by atoms with van der Waals surface area (Å²) >= 11 is 0. The highest BCUT2D eigenvalue weighted by Crippen LogP contribution is 2.38. The van der Waals surface area contributed by atoms with Gasteiger partial charge in [-0.3, -0.25) is 10.1 Å². The third-order valence-electron chi connectivity index (χ3n) is 2.36. The van der Waals surface area contributed by atoms with Crippen LogP contribution in [-0.2, 0) is 0 Å². The molecule has 0 amide bonds. The van der Waals surface area contributed by atoms with Crippen molar-refractivity contribution in [2.75, 3.05) is 13.7 Å². The van der Waals surface area contributed by atoms with E-state index in [4.69, 9.17) is 15.6 Å². The summed E-state index contributed by atoms with van der Waals surface area (Å²) in [4.78, 5) is 10.0. The Morgan fingerprint density at radius 1 is 1.59 bits per heavy atom. The van der Waals surface area contributed by atoms with Crippen LogP contribution in [0.4, 0.5) is 5.69 Å². The Bertz CT molecular complexity index is 421. The van der Waals surface area contributed by atoms with Crippen molar-refractivity contribution in [1.82, 2.24) is 0 Å². The Labute approximate surface area is 97.6 Å². The number of nitro groups is 1. The van der Waals surface area contributed by atoms with Gasteiger partial charge in [-0.05, 0) is 18.1 Å². The highest BCUT2D eigenvalue weighted by Gasteiger charge is 2.21. The van der Waals surface area contributed by atoms with Gasteiger partial charge >= 0.3 is 5.69 Å². The molecule has 1 aromatic rings. The lowest BCUT2D eigenvalue weighted by molar-refractivity contribution is -0.386. The fourth-order valence-corrected chi connectivity index (χ4v) is 1.43. The summed E-state index contributed by atoms with van der Waals surface area (Å²) in [5.41, 5.74) is 5.69. The number of hydrogen-bond donors (Lipinski definition) is 3. The Morgan fingerprint density at radius 2 is 2.24 bits per heavy atom. The molecule has 0 aliphatic rings. The van der Waals surface area contributed by atoms with Gasteiger partial charge < -0.3 is 20.7 Å². The number of aliphatic hydroxyl groups excluding tert-OH is 1. The van der Waals surface area contributed by atoms with E-state index in [0.717, 1.165) is 0 Å². The molecular weight excluding hydrogens is 228 g/mol. The van der Waals surface area contributed by atoms with Crippen LogP contribution in [0.5, 0.6) is 11.5 Å². The molecule has 4 N–H and O–H groups in total. The summed E-state index contributed by atoms with van der Waals surface area (Å²) in [6.45, 7) is -0.127. The van der Waals surface area contributed by atoms with E-state index in [2.05, 4.69) is 0 Å². The molecule has 7 heteroatoms. The fourth-order valence-electron chi connectivity index (χ4n) is 1.43. The van der Waals surface area contributed by atoms with Gasteiger partial charge in [-0.15, -0.1) is 0 Å². The molecule has 1 atom stereocenters. The van der Waals surface area contributed by atoms with E-state index in [9.17, 15) is 15.2 Å². The number of benzene rings is 1. The summed E-state index contributed by atoms with van der Waals surface area (Å²) in [7, 11) is 1.29. The van der Waals surface area contributed by atoms with E-state index in [1.165, 1.54) is 19.2 Å². The van der Waals surface area contributed by atoms with Crippen LogP contribution in [0.25, 0.3) is 0 Å². The van der Waals surface area contributed by atoms with Gasteiger partial charge in [0.2, 0.25) is 5.75 Å². The lowest BCUT2D eigenvalue weighted by atomic mass is 10.0. The first-order chi connectivity index (χ1) is 8.01. The van der Waals surface area contributed by atoms with Crippen LogP contribution in [0.3, 0.4) is 0 Å². The minimum atomic E-state index is -0.715. The van der Waals surface area contributed by atoms with Crippen molar-refractivity contribution in [3.8, 4) is 11.5 Å². The van der Waals surface area contributed by atoms with Crippen molar-refractivity contribution in [1.29, 1.82) is 0 Å². The number of rotatable bonds is 5. The Morgan fingerprint density at radius 3 is 2.71 bits per heavy atom. The van der Waals surface area contributed by atoms with Gasteiger partial charge in [-0.25, -0.2) is 0 Å². The lowest BCUT2D eigenvalue weighted by Gasteiger charge is -2.12. The van der Waals surface area contributed by atoms with Crippen molar-refractivity contribution >= 4 is 5.69 Å². The van der Waals surface area contributed by atoms with Gasteiger partial charge in [0.15, 0.2) is 5.75 Å². The van der Waals surface area contributed by atoms with Gasteiger partial charge in [-0.1, -0.05) is 0 Å². The Balaban J connectivity index is 3.24. The van der Waals surface area contributed by atoms with Gasteiger partial charge in [0, 0.05) is 18.7 Å². The van der Waals surface area contributed by atoms with E-state index >= 15 is 0 Å². The van der Waals surface area contributed by atoms with E-state index in [1.54, 1.807) is 0 Å². The average molecular weight is 242 g/mol. The summed E-state index contributed by atoms with van der Waals surface area (Å²) in [5.74, 6) is -0.542. The van der Waals surface area contributed by atoms with Crippen molar-refractivity contribution in [2.45, 2.75) is 12.5 Å². The highest BCUT2D eigenvalue weighted by atomic mass is 16.6. The number of methoxy groups -OCH3 is 1. The second kappa shape index (κ2) is 5.46. The summed E-state index contributed by atoms with van der Waals surface area (Å²) < 4.78 is 4.83. The van der Waals surface area contributed by atoms with Crippen LogP contribution in [0.2, 0.25) is 0 Å². The summed E-state index contributed by atoms with van der Waals surface area (Å²) in [6, 6.07) is 2.05. The van der Waals surface area contributed by atoms with Crippen LogP contribution in [0.1, 0.15) is 18.0 Å². The molecule has 0 fully saturated rings. The maximum absolute atomic E-state index is 10.7. The zero-order valence-corrected chi connectivity index (χ0v) is 9.29. The van der Waals surface area contributed by atoms with Crippen LogP contribution in [0.15, 0.2) is 12.1 Å². The van der Waals surface area contributed by atoms with E-state index in [1.807, 2.05) is 0 Å². The van der Waals surface area contributed by atoms with Crippen molar-refractivity contribution in [2.24, 2.45) is 5.73 Å². The second-order valence-corrected chi connectivity index (χ2v) is 3.47. The molecule has 0 saturated heterocycles. The number of aliphatic hydroxyl groups is 1. The maximum atomic E-state index is 10.7. The third kappa shape index (κ3) is 2.83. The number of nitrogens with zero attached hydrogens (tertiary/aromatic N) is 1. The lowest BCUT2D eigenvalue weighted by Crippen LogP contribution is -2.12. The first-order valence-corrected chi connectivity index (χ1v) is 4.93. The number of aromatic hydroxyl groups is 1. The van der Waals surface area contributed by atoms with Crippen molar-refractivity contribution in [3.05, 3.63) is 27.8 Å². The van der Waals surface area contributed by atoms with E-state index in [-0.39, 0.29) is 18.8 Å². The summed E-state index contributed by atoms with van der Waals surface area (Å²) in [5, 5.41) is 29.0. The topological polar surface area (TPSA) is 119 Å². The molecule has 0 spiro atoms. The first-order valence-electron chi connectivity index (χ1n) is 4.93. The molecule has 0 saturated carbocycles. The predicted molar refractivity (Wildman–Crippen MR) is 59.9 cm³/mol. The van der Waals surface area contributed by atoms with Gasteiger partial charge in [0.05, 0.1) is 12.0 Å². The number of nitrogens with two attached hydrogens (primary N) is 1. The molecule has 0 aliphatic heterocycles. The number of phenols is 1. The minimum Gasteiger partial charge on any atom is -0.500 e. The summed E-state index contributed by atoms with van der Waals surface area (Å²) in [6.07, 6.45) is 0.269. The molecule has 0 bridgehead atoms. The largest absolute Gasteiger partial charge is 0.500 e. The van der Waals surface area contributed by atoms with Crippen LogP contribution in [0, 0.1) is 10.1 Å². The van der Waals surface area contributed by atoms with E-state index < -0.39 is 22.4 Å². The molecule has 0 radical (unpaired) electrons. The fraction of sp³-hybridized carbons (Fsp3) is 0.400. The molecule has 17 heavy (non-hydrogen) atoms. The van der Waals surface area contributed by atoms with Crippen molar-refractivity contribution in [3.63, 3.8) is 0 Å². The molecular formula is C10H14N2O5. The zero-order valence-electron chi connectivity index (χ0n) is 9.29. The monoisotopic (exact) mass is 242 g/mol. The maximum Gasteiger partial charge on any atom is 0.314 e.